The van der Waals surface area contributed by atoms with E-state index in [1.807, 2.05) is 0 Å². The standard InChI is InChI=1S/C17H20F3N3O4S/c1-11-16(12(2)27-22-11)28(24,25)23-8-6-13(7-9-23)10-26-15-5-3-4-14(21-15)17(18,19)20/h3-5,13H,6-10H2,1-2H3. The number of aromatic nitrogens is 2. The van der Waals surface area contributed by atoms with Gasteiger partial charge < -0.3 is 9.26 Å². The van der Waals surface area contributed by atoms with Gasteiger partial charge in [0.05, 0.1) is 6.61 Å². The number of ether oxygens (including phenoxy) is 1. The molecule has 0 aliphatic carbocycles. The predicted molar refractivity (Wildman–Crippen MR) is 92.2 cm³/mol. The Hall–Kier alpha value is -2.14. The molecule has 0 bridgehead atoms. The number of nitrogens with zero attached hydrogens (tertiary/aromatic N) is 3. The second-order valence-corrected chi connectivity index (χ2v) is 8.55. The van der Waals surface area contributed by atoms with Gasteiger partial charge in [-0.25, -0.2) is 13.4 Å². The van der Waals surface area contributed by atoms with Crippen molar-refractivity contribution in [1.29, 1.82) is 0 Å². The van der Waals surface area contributed by atoms with Crippen LogP contribution in [0.2, 0.25) is 0 Å². The second kappa shape index (κ2) is 7.70. The fourth-order valence-corrected chi connectivity index (χ4v) is 4.91. The molecule has 0 N–H and O–H groups in total. The average molecular weight is 419 g/mol. The molecular formula is C17H20F3N3O4S. The van der Waals surface area contributed by atoms with Gasteiger partial charge in [0.1, 0.15) is 16.3 Å². The van der Waals surface area contributed by atoms with Gasteiger partial charge in [0.15, 0.2) is 5.76 Å². The van der Waals surface area contributed by atoms with Crippen LogP contribution >= 0.6 is 0 Å². The molecule has 0 amide bonds. The zero-order valence-corrected chi connectivity index (χ0v) is 16.2. The van der Waals surface area contributed by atoms with Crippen LogP contribution in [0.3, 0.4) is 0 Å². The highest BCUT2D eigenvalue weighted by molar-refractivity contribution is 7.89. The number of sulfonamides is 1. The van der Waals surface area contributed by atoms with E-state index in [0.29, 0.717) is 18.5 Å². The van der Waals surface area contributed by atoms with E-state index in [9.17, 15) is 21.6 Å². The molecule has 7 nitrogen and oxygen atoms in total. The van der Waals surface area contributed by atoms with Gasteiger partial charge in [-0.1, -0.05) is 11.2 Å². The zero-order valence-electron chi connectivity index (χ0n) is 15.4. The third-order valence-electron chi connectivity index (χ3n) is 4.62. The van der Waals surface area contributed by atoms with Crippen molar-refractivity contribution in [2.75, 3.05) is 19.7 Å². The van der Waals surface area contributed by atoms with Crippen molar-refractivity contribution in [1.82, 2.24) is 14.4 Å². The summed E-state index contributed by atoms with van der Waals surface area (Å²) < 4.78 is 75.4. The van der Waals surface area contributed by atoms with Crippen molar-refractivity contribution in [3.8, 4) is 5.88 Å². The summed E-state index contributed by atoms with van der Waals surface area (Å²) in [5, 5.41) is 3.69. The van der Waals surface area contributed by atoms with Gasteiger partial charge >= 0.3 is 6.18 Å². The molecule has 3 rings (SSSR count). The molecule has 0 saturated carbocycles. The molecule has 1 aliphatic rings. The molecule has 0 atom stereocenters. The topological polar surface area (TPSA) is 85.5 Å². The molecule has 0 aromatic carbocycles. The van der Waals surface area contributed by atoms with Gasteiger partial charge in [0.25, 0.3) is 0 Å². The Kier molecular flexibility index (Phi) is 5.67. The highest BCUT2D eigenvalue weighted by atomic mass is 32.2. The minimum absolute atomic E-state index is 0.0208. The van der Waals surface area contributed by atoms with E-state index >= 15 is 0 Å². The Labute approximate surface area is 160 Å². The number of piperidine rings is 1. The lowest BCUT2D eigenvalue weighted by atomic mass is 9.99. The second-order valence-electron chi connectivity index (χ2n) is 6.67. The number of aryl methyl sites for hydroxylation is 2. The lowest BCUT2D eigenvalue weighted by Gasteiger charge is -2.30. The number of halogens is 3. The fraction of sp³-hybridized carbons (Fsp3) is 0.529. The van der Waals surface area contributed by atoms with Crippen LogP contribution in [0.5, 0.6) is 5.88 Å². The largest absolute Gasteiger partial charge is 0.477 e. The number of pyridine rings is 1. The minimum Gasteiger partial charge on any atom is -0.477 e. The van der Waals surface area contributed by atoms with Gasteiger partial charge in [-0.15, -0.1) is 0 Å². The number of hydrogen-bond donors (Lipinski definition) is 0. The van der Waals surface area contributed by atoms with Crippen molar-refractivity contribution in [3.63, 3.8) is 0 Å². The number of rotatable bonds is 5. The van der Waals surface area contributed by atoms with E-state index in [2.05, 4.69) is 10.1 Å². The summed E-state index contributed by atoms with van der Waals surface area (Å²) in [6.45, 7) is 3.88. The Bertz CT molecular complexity index is 916. The Morgan fingerprint density at radius 3 is 2.50 bits per heavy atom. The summed E-state index contributed by atoms with van der Waals surface area (Å²) >= 11 is 0. The van der Waals surface area contributed by atoms with E-state index in [0.717, 1.165) is 6.07 Å². The molecule has 1 aliphatic heterocycles. The predicted octanol–water partition coefficient (Wildman–Crippen LogP) is 3.18. The Morgan fingerprint density at radius 2 is 1.93 bits per heavy atom. The lowest BCUT2D eigenvalue weighted by Crippen LogP contribution is -2.40. The van der Waals surface area contributed by atoms with Crippen molar-refractivity contribution >= 4 is 10.0 Å². The third kappa shape index (κ3) is 4.30. The van der Waals surface area contributed by atoms with E-state index in [4.69, 9.17) is 9.26 Å². The summed E-state index contributed by atoms with van der Waals surface area (Å²) in [5.41, 5.74) is -0.691. The maximum Gasteiger partial charge on any atom is 0.433 e. The molecule has 0 radical (unpaired) electrons. The Balaban J connectivity index is 1.58. The molecule has 2 aromatic heterocycles. The van der Waals surface area contributed by atoms with Crippen LogP contribution in [0, 0.1) is 19.8 Å². The first kappa shape index (κ1) is 20.6. The molecular weight excluding hydrogens is 399 g/mol. The van der Waals surface area contributed by atoms with Crippen molar-refractivity contribution in [2.45, 2.75) is 37.8 Å². The van der Waals surface area contributed by atoms with Crippen LogP contribution in [0.25, 0.3) is 0 Å². The van der Waals surface area contributed by atoms with E-state index in [1.165, 1.54) is 16.4 Å². The maximum atomic E-state index is 12.8. The molecule has 28 heavy (non-hydrogen) atoms. The van der Waals surface area contributed by atoms with Crippen molar-refractivity contribution in [3.05, 3.63) is 35.3 Å². The summed E-state index contributed by atoms with van der Waals surface area (Å²) in [5.74, 6) is 0.173. The molecule has 1 saturated heterocycles. The Morgan fingerprint density at radius 1 is 1.25 bits per heavy atom. The molecule has 3 heterocycles. The first-order valence-electron chi connectivity index (χ1n) is 8.69. The fourth-order valence-electron chi connectivity index (χ4n) is 3.14. The minimum atomic E-state index is -4.53. The molecule has 2 aromatic rings. The summed E-state index contributed by atoms with van der Waals surface area (Å²) in [7, 11) is -3.69. The smallest absolute Gasteiger partial charge is 0.433 e. The van der Waals surface area contributed by atoms with Crippen LogP contribution < -0.4 is 4.74 Å². The van der Waals surface area contributed by atoms with Crippen molar-refractivity contribution in [2.24, 2.45) is 5.92 Å². The van der Waals surface area contributed by atoms with E-state index < -0.39 is 21.9 Å². The van der Waals surface area contributed by atoms with Gasteiger partial charge in [-0.2, -0.15) is 17.5 Å². The van der Waals surface area contributed by atoms with Crippen LogP contribution in [0.1, 0.15) is 30.0 Å². The van der Waals surface area contributed by atoms with E-state index in [1.54, 1.807) is 13.8 Å². The van der Waals surface area contributed by atoms with Gasteiger partial charge in [0, 0.05) is 19.2 Å². The van der Waals surface area contributed by atoms with Gasteiger partial charge in [0.2, 0.25) is 15.9 Å². The van der Waals surface area contributed by atoms with Crippen LogP contribution in [0.15, 0.2) is 27.6 Å². The normalized spacial score (nSPS) is 17.0. The van der Waals surface area contributed by atoms with E-state index in [-0.39, 0.29) is 42.2 Å². The summed E-state index contributed by atoms with van der Waals surface area (Å²) in [6, 6.07) is 3.49. The number of alkyl halides is 3. The molecule has 11 heteroatoms. The highest BCUT2D eigenvalue weighted by Gasteiger charge is 2.34. The maximum absolute atomic E-state index is 12.8. The van der Waals surface area contributed by atoms with Gasteiger partial charge in [-0.05, 0) is 38.7 Å². The zero-order chi connectivity index (χ0) is 20.5. The first-order chi connectivity index (χ1) is 13.1. The van der Waals surface area contributed by atoms with Crippen LogP contribution in [0.4, 0.5) is 13.2 Å². The summed E-state index contributed by atoms with van der Waals surface area (Å²) in [6.07, 6.45) is -3.47. The van der Waals surface area contributed by atoms with Crippen molar-refractivity contribution < 1.29 is 30.8 Å². The third-order valence-corrected chi connectivity index (χ3v) is 6.76. The molecule has 154 valence electrons. The summed E-state index contributed by atoms with van der Waals surface area (Å²) in [4.78, 5) is 3.56. The quantitative estimate of drug-likeness (QED) is 0.740. The van der Waals surface area contributed by atoms with Crippen LogP contribution in [-0.4, -0.2) is 42.6 Å². The molecule has 0 unspecified atom stereocenters. The first-order valence-corrected chi connectivity index (χ1v) is 10.1. The molecule has 0 spiro atoms. The average Bonchev–Trinajstić information content (AvgIpc) is 2.99. The monoisotopic (exact) mass is 419 g/mol. The lowest BCUT2D eigenvalue weighted by molar-refractivity contribution is -0.141. The molecule has 1 fully saturated rings. The SMILES string of the molecule is Cc1noc(C)c1S(=O)(=O)N1CCC(COc2cccc(C(F)(F)F)n2)CC1. The highest BCUT2D eigenvalue weighted by Crippen LogP contribution is 2.30. The van der Waals surface area contributed by atoms with Crippen LogP contribution in [-0.2, 0) is 16.2 Å². The van der Waals surface area contributed by atoms with Gasteiger partial charge in [-0.3, -0.25) is 0 Å². The number of hydrogen-bond acceptors (Lipinski definition) is 6.